The van der Waals surface area contributed by atoms with E-state index in [2.05, 4.69) is 5.32 Å². The summed E-state index contributed by atoms with van der Waals surface area (Å²) in [6.07, 6.45) is 4.00. The van der Waals surface area contributed by atoms with Gasteiger partial charge in [-0.05, 0) is 25.0 Å². The van der Waals surface area contributed by atoms with Crippen molar-refractivity contribution >= 4 is 11.7 Å². The highest BCUT2D eigenvalue weighted by Gasteiger charge is 2.34. The minimum Gasteiger partial charge on any atom is -0.349 e. The van der Waals surface area contributed by atoms with Crippen LogP contribution in [0.1, 0.15) is 49.4 Å². The minimum atomic E-state index is -0.488. The van der Waals surface area contributed by atoms with E-state index in [-0.39, 0.29) is 23.7 Å². The van der Waals surface area contributed by atoms with Gasteiger partial charge in [0.2, 0.25) is 5.91 Å². The van der Waals surface area contributed by atoms with Crippen molar-refractivity contribution in [2.75, 3.05) is 6.54 Å². The van der Waals surface area contributed by atoms with E-state index >= 15 is 0 Å². The van der Waals surface area contributed by atoms with E-state index in [1.54, 1.807) is 13.0 Å². The summed E-state index contributed by atoms with van der Waals surface area (Å²) in [4.78, 5) is 24.4. The van der Waals surface area contributed by atoms with Crippen LogP contribution in [0.25, 0.3) is 0 Å². The SMILES string of the molecule is CC(CC(=O)NC1(CN)CCCC1)C(=O)c1cccc(F)c1. The molecular formula is C17H23FN2O2. The van der Waals surface area contributed by atoms with E-state index in [9.17, 15) is 14.0 Å². The van der Waals surface area contributed by atoms with Gasteiger partial charge in [-0.1, -0.05) is 31.9 Å². The van der Waals surface area contributed by atoms with Crippen LogP contribution in [0, 0.1) is 11.7 Å². The first-order valence-electron chi connectivity index (χ1n) is 7.77. The molecule has 1 aromatic rings. The number of carbonyl (C=O) groups excluding carboxylic acids is 2. The summed E-state index contributed by atoms with van der Waals surface area (Å²) in [5.41, 5.74) is 5.79. The Balaban J connectivity index is 1.94. The molecule has 0 aliphatic heterocycles. The Morgan fingerprint density at radius 1 is 1.36 bits per heavy atom. The van der Waals surface area contributed by atoms with E-state index in [4.69, 9.17) is 5.73 Å². The first-order valence-corrected chi connectivity index (χ1v) is 7.77. The lowest BCUT2D eigenvalue weighted by Crippen LogP contribution is -2.52. The van der Waals surface area contributed by atoms with Crippen molar-refractivity contribution in [1.82, 2.24) is 5.32 Å². The highest BCUT2D eigenvalue weighted by atomic mass is 19.1. The maximum Gasteiger partial charge on any atom is 0.221 e. The van der Waals surface area contributed by atoms with Gasteiger partial charge in [0.15, 0.2) is 5.78 Å². The molecule has 0 aromatic heterocycles. The number of carbonyl (C=O) groups is 2. The lowest BCUT2D eigenvalue weighted by Gasteiger charge is -2.29. The number of hydrogen-bond acceptors (Lipinski definition) is 3. The first kappa shape index (κ1) is 16.6. The molecule has 120 valence electrons. The van der Waals surface area contributed by atoms with Crippen molar-refractivity contribution in [3.05, 3.63) is 35.6 Å². The van der Waals surface area contributed by atoms with Gasteiger partial charge in [0.05, 0.1) is 5.54 Å². The van der Waals surface area contributed by atoms with Crippen LogP contribution in [-0.2, 0) is 4.79 Å². The standard InChI is InChI=1S/C17H23FN2O2/c1-12(16(22)13-5-4-6-14(18)10-13)9-15(21)20-17(11-19)7-2-3-8-17/h4-6,10,12H,2-3,7-9,11,19H2,1H3,(H,20,21). The summed E-state index contributed by atoms with van der Waals surface area (Å²) in [5.74, 6) is -1.32. The van der Waals surface area contributed by atoms with E-state index in [0.29, 0.717) is 12.1 Å². The van der Waals surface area contributed by atoms with Crippen LogP contribution in [0.3, 0.4) is 0 Å². The van der Waals surface area contributed by atoms with Gasteiger partial charge in [-0.3, -0.25) is 9.59 Å². The molecule has 1 aliphatic rings. The van der Waals surface area contributed by atoms with Crippen molar-refractivity contribution in [2.45, 2.75) is 44.6 Å². The Labute approximate surface area is 130 Å². The lowest BCUT2D eigenvalue weighted by molar-refractivity contribution is -0.123. The first-order chi connectivity index (χ1) is 10.5. The molecule has 0 radical (unpaired) electrons. The highest BCUT2D eigenvalue weighted by Crippen LogP contribution is 2.29. The molecule has 1 atom stereocenters. The molecule has 1 saturated carbocycles. The Morgan fingerprint density at radius 2 is 2.05 bits per heavy atom. The molecule has 4 nitrogen and oxygen atoms in total. The van der Waals surface area contributed by atoms with Crippen LogP contribution < -0.4 is 11.1 Å². The fourth-order valence-electron chi connectivity index (χ4n) is 3.08. The zero-order valence-corrected chi connectivity index (χ0v) is 12.9. The largest absolute Gasteiger partial charge is 0.349 e. The van der Waals surface area contributed by atoms with Gasteiger partial charge >= 0.3 is 0 Å². The van der Waals surface area contributed by atoms with Gasteiger partial charge < -0.3 is 11.1 Å². The molecule has 1 amide bonds. The lowest BCUT2D eigenvalue weighted by atomic mass is 9.94. The van der Waals surface area contributed by atoms with Gasteiger partial charge in [-0.25, -0.2) is 4.39 Å². The van der Waals surface area contributed by atoms with Crippen molar-refractivity contribution in [2.24, 2.45) is 11.7 Å². The van der Waals surface area contributed by atoms with Crippen LogP contribution in [0.2, 0.25) is 0 Å². The minimum absolute atomic E-state index is 0.0943. The maximum absolute atomic E-state index is 13.2. The Kier molecular flexibility index (Phi) is 5.29. The number of hydrogen-bond donors (Lipinski definition) is 2. The van der Waals surface area contributed by atoms with Crippen LogP contribution in [-0.4, -0.2) is 23.8 Å². The second-order valence-electron chi connectivity index (χ2n) is 6.22. The smallest absolute Gasteiger partial charge is 0.221 e. The van der Waals surface area contributed by atoms with Crippen LogP contribution in [0.5, 0.6) is 0 Å². The third-order valence-corrected chi connectivity index (χ3v) is 4.40. The van der Waals surface area contributed by atoms with Gasteiger partial charge in [0, 0.05) is 24.4 Å². The quantitative estimate of drug-likeness (QED) is 0.793. The Hall–Kier alpha value is -1.75. The number of Topliss-reactive ketones (excluding diaryl/α,β-unsaturated/α-hetero) is 1. The van der Waals surface area contributed by atoms with Gasteiger partial charge in [0.25, 0.3) is 0 Å². The third-order valence-electron chi connectivity index (χ3n) is 4.40. The molecule has 22 heavy (non-hydrogen) atoms. The number of rotatable bonds is 6. The normalized spacial score (nSPS) is 18.0. The molecule has 1 aliphatic carbocycles. The van der Waals surface area contributed by atoms with Crippen molar-refractivity contribution in [3.8, 4) is 0 Å². The molecule has 1 fully saturated rings. The van der Waals surface area contributed by atoms with Crippen LogP contribution >= 0.6 is 0 Å². The molecule has 0 heterocycles. The van der Waals surface area contributed by atoms with Gasteiger partial charge in [-0.15, -0.1) is 0 Å². The average Bonchev–Trinajstić information content (AvgIpc) is 2.95. The van der Waals surface area contributed by atoms with E-state index in [1.165, 1.54) is 18.2 Å². The highest BCUT2D eigenvalue weighted by molar-refractivity contribution is 5.99. The Morgan fingerprint density at radius 3 is 2.64 bits per heavy atom. The molecular weight excluding hydrogens is 283 g/mol. The van der Waals surface area contributed by atoms with Crippen molar-refractivity contribution < 1.29 is 14.0 Å². The van der Waals surface area contributed by atoms with Crippen LogP contribution in [0.15, 0.2) is 24.3 Å². The number of halogens is 1. The summed E-state index contributed by atoms with van der Waals surface area (Å²) in [6.45, 7) is 2.11. The molecule has 5 heteroatoms. The van der Waals surface area contributed by atoms with Gasteiger partial charge in [0.1, 0.15) is 5.82 Å². The number of nitrogens with one attached hydrogen (secondary N) is 1. The summed E-state index contributed by atoms with van der Waals surface area (Å²) in [7, 11) is 0. The predicted molar refractivity (Wildman–Crippen MR) is 82.9 cm³/mol. The molecule has 2 rings (SSSR count). The monoisotopic (exact) mass is 306 g/mol. The van der Waals surface area contributed by atoms with E-state index in [0.717, 1.165) is 25.7 Å². The summed E-state index contributed by atoms with van der Waals surface area (Å²) >= 11 is 0. The molecule has 0 spiro atoms. The average molecular weight is 306 g/mol. The Bertz CT molecular complexity index is 553. The molecule has 1 aromatic carbocycles. The van der Waals surface area contributed by atoms with Crippen molar-refractivity contribution in [1.29, 1.82) is 0 Å². The molecule has 3 N–H and O–H groups in total. The molecule has 0 saturated heterocycles. The van der Waals surface area contributed by atoms with Crippen molar-refractivity contribution in [3.63, 3.8) is 0 Å². The fraction of sp³-hybridized carbons (Fsp3) is 0.529. The number of ketones is 1. The van der Waals surface area contributed by atoms with Crippen LogP contribution in [0.4, 0.5) is 4.39 Å². The number of amides is 1. The summed E-state index contributed by atoms with van der Waals surface area (Å²) in [6, 6.07) is 5.56. The molecule has 1 unspecified atom stereocenters. The number of benzene rings is 1. The summed E-state index contributed by atoms with van der Waals surface area (Å²) in [5, 5.41) is 3.00. The van der Waals surface area contributed by atoms with E-state index in [1.807, 2.05) is 0 Å². The molecule has 0 bridgehead atoms. The second-order valence-corrected chi connectivity index (χ2v) is 6.22. The maximum atomic E-state index is 13.2. The summed E-state index contributed by atoms with van der Waals surface area (Å²) < 4.78 is 13.2. The topological polar surface area (TPSA) is 72.2 Å². The van der Waals surface area contributed by atoms with Gasteiger partial charge in [-0.2, -0.15) is 0 Å². The zero-order chi connectivity index (χ0) is 16.2. The zero-order valence-electron chi connectivity index (χ0n) is 12.9. The number of nitrogens with two attached hydrogens (primary N) is 1. The fourth-order valence-corrected chi connectivity index (χ4v) is 3.08. The van der Waals surface area contributed by atoms with E-state index < -0.39 is 11.7 Å². The second kappa shape index (κ2) is 7.01. The third kappa shape index (κ3) is 3.91. The predicted octanol–water partition coefficient (Wildman–Crippen LogP) is 2.42.